The Morgan fingerprint density at radius 2 is 2.00 bits per heavy atom. The zero-order valence-corrected chi connectivity index (χ0v) is 9.52. The fraction of sp³-hybridized carbons (Fsp3) is 0.909. The summed E-state index contributed by atoms with van der Waals surface area (Å²) in [6, 6.07) is -0.499. The molecule has 1 aliphatic heterocycles. The van der Waals surface area contributed by atoms with Crippen LogP contribution in [0.2, 0.25) is 0 Å². The van der Waals surface area contributed by atoms with Gasteiger partial charge in [0.25, 0.3) is 0 Å². The Morgan fingerprint density at radius 1 is 1.33 bits per heavy atom. The van der Waals surface area contributed by atoms with Gasteiger partial charge in [-0.25, -0.2) is 0 Å². The van der Waals surface area contributed by atoms with Crippen LogP contribution in [0.15, 0.2) is 0 Å². The highest BCUT2D eigenvalue weighted by atomic mass is 16.4. The minimum atomic E-state index is -0.760. The lowest BCUT2D eigenvalue weighted by atomic mass is 10.1. The van der Waals surface area contributed by atoms with Crippen molar-refractivity contribution in [3.8, 4) is 0 Å². The van der Waals surface area contributed by atoms with Crippen molar-refractivity contribution in [2.75, 3.05) is 6.54 Å². The lowest BCUT2D eigenvalue weighted by Crippen LogP contribution is -2.49. The number of carbonyl (C=O) groups is 1. The van der Waals surface area contributed by atoms with Crippen LogP contribution >= 0.6 is 0 Å². The van der Waals surface area contributed by atoms with E-state index in [1.807, 2.05) is 11.8 Å². The van der Waals surface area contributed by atoms with Gasteiger partial charge < -0.3 is 10.2 Å². The van der Waals surface area contributed by atoms with Crippen LogP contribution in [0.25, 0.3) is 0 Å². The fourth-order valence-corrected chi connectivity index (χ4v) is 2.16. The van der Waals surface area contributed by atoms with Gasteiger partial charge in [-0.1, -0.05) is 12.8 Å². The molecule has 0 aliphatic carbocycles. The normalized spacial score (nSPS) is 28.1. The van der Waals surface area contributed by atoms with Crippen LogP contribution < -0.4 is 0 Å². The van der Waals surface area contributed by atoms with E-state index >= 15 is 0 Å². The average molecular weight is 215 g/mol. The summed E-state index contributed by atoms with van der Waals surface area (Å²) in [5, 5.41) is 18.7. The Labute approximate surface area is 90.9 Å². The number of carboxylic acids is 1. The molecule has 0 aromatic heterocycles. The highest BCUT2D eigenvalue weighted by Crippen LogP contribution is 2.20. The maximum Gasteiger partial charge on any atom is 0.320 e. The van der Waals surface area contributed by atoms with Crippen molar-refractivity contribution in [3.05, 3.63) is 0 Å². The third-order valence-corrected chi connectivity index (χ3v) is 3.30. The van der Waals surface area contributed by atoms with Gasteiger partial charge in [-0.15, -0.1) is 0 Å². The van der Waals surface area contributed by atoms with E-state index in [-0.39, 0.29) is 6.04 Å². The molecule has 0 radical (unpaired) electrons. The van der Waals surface area contributed by atoms with E-state index in [4.69, 9.17) is 5.11 Å². The number of hydrogen-bond acceptors (Lipinski definition) is 3. The summed E-state index contributed by atoms with van der Waals surface area (Å²) in [7, 11) is 0. The Kier molecular flexibility index (Phi) is 4.54. The molecule has 88 valence electrons. The van der Waals surface area contributed by atoms with Gasteiger partial charge in [-0.05, 0) is 33.2 Å². The van der Waals surface area contributed by atoms with Gasteiger partial charge in [0.05, 0.1) is 6.10 Å². The third kappa shape index (κ3) is 3.18. The molecule has 0 aromatic rings. The molecule has 3 unspecified atom stereocenters. The molecule has 1 heterocycles. The molecule has 3 atom stereocenters. The second-order valence-corrected chi connectivity index (χ2v) is 4.42. The molecule has 0 bridgehead atoms. The number of aliphatic carboxylic acids is 1. The van der Waals surface area contributed by atoms with Gasteiger partial charge in [-0.3, -0.25) is 9.69 Å². The summed E-state index contributed by atoms with van der Waals surface area (Å²) in [6.45, 7) is 4.39. The van der Waals surface area contributed by atoms with Gasteiger partial charge in [0.2, 0.25) is 0 Å². The second-order valence-electron chi connectivity index (χ2n) is 4.42. The predicted octanol–water partition coefficient (Wildman–Crippen LogP) is 1.08. The number of hydrogen-bond donors (Lipinski definition) is 2. The lowest BCUT2D eigenvalue weighted by Gasteiger charge is -2.34. The van der Waals surface area contributed by atoms with Crippen LogP contribution in [0, 0.1) is 0 Å². The van der Waals surface area contributed by atoms with E-state index in [0.717, 1.165) is 25.8 Å². The summed E-state index contributed by atoms with van der Waals surface area (Å²) >= 11 is 0. The van der Waals surface area contributed by atoms with Crippen LogP contribution in [0.3, 0.4) is 0 Å². The quantitative estimate of drug-likeness (QED) is 0.739. The monoisotopic (exact) mass is 215 g/mol. The maximum atomic E-state index is 11.1. The zero-order valence-electron chi connectivity index (χ0n) is 9.52. The number of nitrogens with zero attached hydrogens (tertiary/aromatic N) is 1. The summed E-state index contributed by atoms with van der Waals surface area (Å²) in [5.74, 6) is -0.760. The van der Waals surface area contributed by atoms with Crippen molar-refractivity contribution >= 4 is 5.97 Å². The molecular weight excluding hydrogens is 194 g/mol. The van der Waals surface area contributed by atoms with E-state index in [0.29, 0.717) is 6.42 Å². The SMILES string of the molecule is CC(O)C(C)N1CCCCCC1C(=O)O. The first-order valence-electron chi connectivity index (χ1n) is 5.70. The molecule has 1 aliphatic rings. The number of carboxylic acid groups (broad SMARTS) is 1. The number of likely N-dealkylation sites (tertiary alicyclic amines) is 1. The summed E-state index contributed by atoms with van der Waals surface area (Å²) < 4.78 is 0. The van der Waals surface area contributed by atoms with Crippen molar-refractivity contribution in [2.24, 2.45) is 0 Å². The van der Waals surface area contributed by atoms with E-state index in [1.54, 1.807) is 6.92 Å². The molecule has 1 saturated heterocycles. The van der Waals surface area contributed by atoms with Gasteiger partial charge in [0.15, 0.2) is 0 Å². The molecule has 0 spiro atoms. The summed E-state index contributed by atoms with van der Waals surface area (Å²) in [5.41, 5.74) is 0. The topological polar surface area (TPSA) is 60.8 Å². The van der Waals surface area contributed by atoms with Gasteiger partial charge in [0.1, 0.15) is 6.04 Å². The van der Waals surface area contributed by atoms with Crippen LogP contribution in [-0.4, -0.2) is 45.8 Å². The molecule has 0 saturated carbocycles. The Hall–Kier alpha value is -0.610. The van der Waals surface area contributed by atoms with Crippen LogP contribution in [0.1, 0.15) is 39.5 Å². The molecule has 4 nitrogen and oxygen atoms in total. The van der Waals surface area contributed by atoms with Crippen LogP contribution in [-0.2, 0) is 4.79 Å². The molecule has 1 fully saturated rings. The maximum absolute atomic E-state index is 11.1. The minimum Gasteiger partial charge on any atom is -0.480 e. The average Bonchev–Trinajstić information content (AvgIpc) is 2.40. The smallest absolute Gasteiger partial charge is 0.320 e. The van der Waals surface area contributed by atoms with Crippen molar-refractivity contribution in [1.82, 2.24) is 4.90 Å². The Morgan fingerprint density at radius 3 is 2.53 bits per heavy atom. The van der Waals surface area contributed by atoms with Crippen molar-refractivity contribution in [2.45, 2.75) is 57.7 Å². The Bertz CT molecular complexity index is 218. The molecule has 0 aromatic carbocycles. The van der Waals surface area contributed by atoms with Crippen molar-refractivity contribution in [1.29, 1.82) is 0 Å². The zero-order chi connectivity index (χ0) is 11.4. The highest BCUT2D eigenvalue weighted by molar-refractivity contribution is 5.73. The van der Waals surface area contributed by atoms with E-state index in [1.165, 1.54) is 0 Å². The number of aliphatic hydroxyl groups is 1. The fourth-order valence-electron chi connectivity index (χ4n) is 2.16. The molecule has 4 heteroatoms. The molecule has 15 heavy (non-hydrogen) atoms. The first kappa shape index (κ1) is 12.5. The standard InChI is InChI=1S/C11H21NO3/c1-8(9(2)13)12-7-5-3-4-6-10(12)11(14)15/h8-10,13H,3-7H2,1-2H3,(H,14,15). The summed E-state index contributed by atoms with van der Waals surface area (Å²) in [6.07, 6.45) is 3.31. The van der Waals surface area contributed by atoms with Gasteiger partial charge in [0, 0.05) is 6.04 Å². The van der Waals surface area contributed by atoms with Crippen molar-refractivity contribution in [3.63, 3.8) is 0 Å². The van der Waals surface area contributed by atoms with Gasteiger partial charge in [-0.2, -0.15) is 0 Å². The third-order valence-electron chi connectivity index (χ3n) is 3.30. The van der Waals surface area contributed by atoms with E-state index in [2.05, 4.69) is 0 Å². The van der Waals surface area contributed by atoms with Gasteiger partial charge >= 0.3 is 5.97 Å². The minimum absolute atomic E-state index is 0.0794. The van der Waals surface area contributed by atoms with Crippen molar-refractivity contribution < 1.29 is 15.0 Å². The van der Waals surface area contributed by atoms with E-state index < -0.39 is 18.1 Å². The molecular formula is C11H21NO3. The highest BCUT2D eigenvalue weighted by Gasteiger charge is 2.31. The summed E-state index contributed by atoms with van der Waals surface area (Å²) in [4.78, 5) is 13.1. The van der Waals surface area contributed by atoms with E-state index in [9.17, 15) is 9.90 Å². The number of rotatable bonds is 3. The largest absolute Gasteiger partial charge is 0.480 e. The first-order valence-corrected chi connectivity index (χ1v) is 5.70. The predicted molar refractivity (Wildman–Crippen MR) is 57.7 cm³/mol. The molecule has 0 amide bonds. The first-order chi connectivity index (χ1) is 7.04. The Balaban J connectivity index is 2.74. The van der Waals surface area contributed by atoms with Crippen LogP contribution in [0.5, 0.6) is 0 Å². The molecule has 1 rings (SSSR count). The molecule has 2 N–H and O–H groups in total. The second kappa shape index (κ2) is 5.47. The van der Waals surface area contributed by atoms with Crippen LogP contribution in [0.4, 0.5) is 0 Å². The number of aliphatic hydroxyl groups excluding tert-OH is 1. The lowest BCUT2D eigenvalue weighted by molar-refractivity contribution is -0.145.